The first kappa shape index (κ1) is 18.9. The van der Waals surface area contributed by atoms with Gasteiger partial charge in [-0.2, -0.15) is 0 Å². The second kappa shape index (κ2) is 9.18. The van der Waals surface area contributed by atoms with Crippen LogP contribution in [-0.4, -0.2) is 30.4 Å². The molecule has 0 unspecified atom stereocenters. The van der Waals surface area contributed by atoms with Gasteiger partial charge in [0.1, 0.15) is 0 Å². The molecule has 0 radical (unpaired) electrons. The fraction of sp³-hybridized carbons (Fsp3) is 0.200. The van der Waals surface area contributed by atoms with Crippen molar-refractivity contribution in [1.82, 2.24) is 4.90 Å². The predicted molar refractivity (Wildman–Crippen MR) is 102 cm³/mol. The van der Waals surface area contributed by atoms with E-state index in [1.807, 2.05) is 55.5 Å². The van der Waals surface area contributed by atoms with E-state index in [9.17, 15) is 9.59 Å². The highest BCUT2D eigenvalue weighted by Crippen LogP contribution is 2.12. The van der Waals surface area contributed by atoms with Gasteiger partial charge in [0.15, 0.2) is 6.61 Å². The highest BCUT2D eigenvalue weighted by atomic mass is 79.9. The Morgan fingerprint density at radius 3 is 2.56 bits per heavy atom. The summed E-state index contributed by atoms with van der Waals surface area (Å²) < 4.78 is 5.93. The number of rotatable bonds is 6. The Labute approximate surface area is 156 Å². The molecule has 0 aliphatic rings. The highest BCUT2D eigenvalue weighted by molar-refractivity contribution is 9.10. The summed E-state index contributed by atoms with van der Waals surface area (Å²) in [5.74, 6) is -0.790. The molecule has 0 fully saturated rings. The molecule has 0 heterocycles. The molecule has 0 spiro atoms. The molecule has 2 aromatic rings. The van der Waals surface area contributed by atoms with Crippen LogP contribution < -0.4 is 0 Å². The summed E-state index contributed by atoms with van der Waals surface area (Å²) in [6.45, 7) is 2.22. The Bertz CT molecular complexity index is 769. The summed E-state index contributed by atoms with van der Waals surface area (Å²) in [7, 11) is 1.69. The molecule has 4 nitrogen and oxygen atoms in total. The van der Waals surface area contributed by atoms with Crippen molar-refractivity contribution in [3.63, 3.8) is 0 Å². The van der Waals surface area contributed by atoms with Gasteiger partial charge in [-0.25, -0.2) is 4.79 Å². The minimum Gasteiger partial charge on any atom is -0.452 e. The molecule has 0 bridgehead atoms. The molecule has 130 valence electrons. The number of carbonyl (C=O) groups excluding carboxylic acids is 2. The van der Waals surface area contributed by atoms with Gasteiger partial charge < -0.3 is 9.64 Å². The molecule has 1 amide bonds. The molecule has 2 aromatic carbocycles. The first-order valence-electron chi connectivity index (χ1n) is 7.84. The number of aryl methyl sites for hydroxylation is 1. The third kappa shape index (κ3) is 6.55. The number of hydrogen-bond donors (Lipinski definition) is 0. The van der Waals surface area contributed by atoms with Crippen LogP contribution in [0.25, 0.3) is 6.08 Å². The minimum absolute atomic E-state index is 0.246. The fourth-order valence-electron chi connectivity index (χ4n) is 2.12. The molecule has 0 atom stereocenters. The second-order valence-corrected chi connectivity index (χ2v) is 6.65. The van der Waals surface area contributed by atoms with Gasteiger partial charge in [-0.05, 0) is 36.3 Å². The summed E-state index contributed by atoms with van der Waals surface area (Å²) in [6, 6.07) is 15.5. The fourth-order valence-corrected chi connectivity index (χ4v) is 2.54. The number of amides is 1. The van der Waals surface area contributed by atoms with Gasteiger partial charge in [0, 0.05) is 24.1 Å². The van der Waals surface area contributed by atoms with Crippen LogP contribution in [0.2, 0.25) is 0 Å². The number of esters is 1. The standard InChI is InChI=1S/C20H20BrNO3/c1-15-6-8-17(9-7-15)13-22(2)19(23)14-25-20(24)11-10-16-4-3-5-18(21)12-16/h3-12H,13-14H2,1-2H3/b11-10+. The maximum atomic E-state index is 12.1. The monoisotopic (exact) mass is 401 g/mol. The van der Waals surface area contributed by atoms with Crippen LogP contribution >= 0.6 is 15.9 Å². The van der Waals surface area contributed by atoms with Crippen LogP contribution in [0.1, 0.15) is 16.7 Å². The third-order valence-corrected chi connectivity index (χ3v) is 4.06. The first-order chi connectivity index (χ1) is 11.9. The zero-order chi connectivity index (χ0) is 18.2. The van der Waals surface area contributed by atoms with Crippen LogP contribution in [0.4, 0.5) is 0 Å². The van der Waals surface area contributed by atoms with E-state index >= 15 is 0 Å². The van der Waals surface area contributed by atoms with Crippen LogP contribution in [0.5, 0.6) is 0 Å². The van der Waals surface area contributed by atoms with Gasteiger partial charge >= 0.3 is 5.97 Å². The number of ether oxygens (including phenoxy) is 1. The quantitative estimate of drug-likeness (QED) is 0.543. The summed E-state index contributed by atoms with van der Waals surface area (Å²) in [4.78, 5) is 25.3. The van der Waals surface area contributed by atoms with Crippen molar-refractivity contribution in [3.05, 3.63) is 75.8 Å². The highest BCUT2D eigenvalue weighted by Gasteiger charge is 2.11. The van der Waals surface area contributed by atoms with Crippen molar-refractivity contribution in [2.24, 2.45) is 0 Å². The van der Waals surface area contributed by atoms with Crippen LogP contribution in [0, 0.1) is 6.92 Å². The molecule has 0 aromatic heterocycles. The Hall–Kier alpha value is -2.40. The number of likely N-dealkylation sites (N-methyl/N-ethyl adjacent to an activating group) is 1. The third-order valence-electron chi connectivity index (χ3n) is 3.56. The van der Waals surface area contributed by atoms with Gasteiger partial charge in [0.25, 0.3) is 5.91 Å². The van der Waals surface area contributed by atoms with Crippen molar-refractivity contribution >= 4 is 33.9 Å². The normalized spacial score (nSPS) is 10.7. The minimum atomic E-state index is -0.544. The summed E-state index contributed by atoms with van der Waals surface area (Å²) in [5.41, 5.74) is 3.07. The second-order valence-electron chi connectivity index (χ2n) is 5.73. The Kier molecular flexibility index (Phi) is 6.95. The van der Waals surface area contributed by atoms with Crippen molar-refractivity contribution < 1.29 is 14.3 Å². The van der Waals surface area contributed by atoms with E-state index in [4.69, 9.17) is 4.74 Å². The van der Waals surface area contributed by atoms with Gasteiger partial charge in [0.05, 0.1) is 0 Å². The summed E-state index contributed by atoms with van der Waals surface area (Å²) in [5, 5.41) is 0. The largest absolute Gasteiger partial charge is 0.452 e. The van der Waals surface area contributed by atoms with Crippen LogP contribution in [-0.2, 0) is 20.9 Å². The van der Waals surface area contributed by atoms with E-state index in [1.54, 1.807) is 13.1 Å². The topological polar surface area (TPSA) is 46.6 Å². The van der Waals surface area contributed by atoms with Gasteiger partial charge in [0.2, 0.25) is 0 Å². The zero-order valence-electron chi connectivity index (χ0n) is 14.2. The molecule has 0 saturated carbocycles. The Morgan fingerprint density at radius 2 is 1.88 bits per heavy atom. The number of carbonyl (C=O) groups is 2. The Morgan fingerprint density at radius 1 is 1.16 bits per heavy atom. The molecule has 0 saturated heterocycles. The average Bonchev–Trinajstić information content (AvgIpc) is 2.60. The number of halogens is 1. The Balaban J connectivity index is 1.80. The molecule has 0 aliphatic carbocycles. The molecular formula is C20H20BrNO3. The average molecular weight is 402 g/mol. The van der Waals surface area contributed by atoms with Crippen molar-refractivity contribution in [3.8, 4) is 0 Å². The van der Waals surface area contributed by atoms with Gasteiger partial charge in [-0.1, -0.05) is 57.9 Å². The zero-order valence-corrected chi connectivity index (χ0v) is 15.8. The molecule has 25 heavy (non-hydrogen) atoms. The van der Waals surface area contributed by atoms with E-state index in [0.717, 1.165) is 15.6 Å². The van der Waals surface area contributed by atoms with E-state index < -0.39 is 5.97 Å². The summed E-state index contributed by atoms with van der Waals surface area (Å²) >= 11 is 3.37. The smallest absolute Gasteiger partial charge is 0.331 e. The van der Waals surface area contributed by atoms with E-state index in [2.05, 4.69) is 15.9 Å². The molecule has 2 rings (SSSR count). The van der Waals surface area contributed by atoms with Crippen molar-refractivity contribution in [2.45, 2.75) is 13.5 Å². The first-order valence-corrected chi connectivity index (χ1v) is 8.63. The maximum Gasteiger partial charge on any atom is 0.331 e. The lowest BCUT2D eigenvalue weighted by atomic mass is 10.1. The maximum absolute atomic E-state index is 12.1. The van der Waals surface area contributed by atoms with Gasteiger partial charge in [-0.3, -0.25) is 4.79 Å². The SMILES string of the molecule is Cc1ccc(CN(C)C(=O)COC(=O)/C=C/c2cccc(Br)c2)cc1. The van der Waals surface area contributed by atoms with Crippen LogP contribution in [0.3, 0.4) is 0 Å². The molecule has 5 heteroatoms. The molecular weight excluding hydrogens is 382 g/mol. The predicted octanol–water partition coefficient (Wildman–Crippen LogP) is 3.97. The lowest BCUT2D eigenvalue weighted by molar-refractivity contribution is -0.147. The van der Waals surface area contributed by atoms with Crippen molar-refractivity contribution in [1.29, 1.82) is 0 Å². The van der Waals surface area contributed by atoms with E-state index in [1.165, 1.54) is 16.5 Å². The lowest BCUT2D eigenvalue weighted by Gasteiger charge is -2.17. The number of benzene rings is 2. The van der Waals surface area contributed by atoms with Gasteiger partial charge in [-0.15, -0.1) is 0 Å². The van der Waals surface area contributed by atoms with E-state index in [0.29, 0.717) is 6.54 Å². The van der Waals surface area contributed by atoms with Crippen LogP contribution in [0.15, 0.2) is 59.1 Å². The number of hydrogen-bond acceptors (Lipinski definition) is 3. The van der Waals surface area contributed by atoms with Crippen molar-refractivity contribution in [2.75, 3.05) is 13.7 Å². The molecule has 0 aliphatic heterocycles. The molecule has 0 N–H and O–H groups in total. The van der Waals surface area contributed by atoms with E-state index in [-0.39, 0.29) is 12.5 Å². The number of nitrogens with zero attached hydrogens (tertiary/aromatic N) is 1. The lowest BCUT2D eigenvalue weighted by Crippen LogP contribution is -2.30. The summed E-state index contributed by atoms with van der Waals surface area (Å²) in [6.07, 6.45) is 2.96.